The van der Waals surface area contributed by atoms with Gasteiger partial charge in [-0.3, -0.25) is 10.2 Å². The first-order valence-electron chi connectivity index (χ1n) is 8.03. The third kappa shape index (κ3) is 3.87. The number of fused-ring (bicyclic) bond motifs is 1. The lowest BCUT2D eigenvalue weighted by Crippen LogP contribution is -2.54. The van der Waals surface area contributed by atoms with Crippen LogP contribution in [0.15, 0.2) is 23.3 Å². The van der Waals surface area contributed by atoms with Crippen molar-refractivity contribution < 1.29 is 24.4 Å². The molecular formula is C14H19BN6O5. The predicted octanol–water partition coefficient (Wildman–Crippen LogP) is -2.19. The zero-order valence-electron chi connectivity index (χ0n) is 13.8. The first kappa shape index (κ1) is 18.0. The Morgan fingerprint density at radius 1 is 1.50 bits per heavy atom. The van der Waals surface area contributed by atoms with Crippen LogP contribution in [-0.4, -0.2) is 59.1 Å². The molecule has 1 amide bonds. The number of hydrazone groups is 1. The van der Waals surface area contributed by atoms with Crippen molar-refractivity contribution in [1.82, 2.24) is 21.4 Å². The van der Waals surface area contributed by atoms with Gasteiger partial charge in [-0.15, -0.1) is 10.2 Å². The second-order valence-corrected chi connectivity index (χ2v) is 5.87. The molecule has 0 saturated heterocycles. The molecule has 0 aromatic heterocycles. The minimum absolute atomic E-state index is 0.0260. The van der Waals surface area contributed by atoms with Crippen molar-refractivity contribution in [2.24, 2.45) is 10.8 Å². The molecule has 1 atom stereocenters. The number of carboxylic acid groups (broad SMARTS) is 1. The summed E-state index contributed by atoms with van der Waals surface area (Å²) in [4.78, 5) is 23.4. The maximum absolute atomic E-state index is 12.2. The van der Waals surface area contributed by atoms with Gasteiger partial charge in [-0.25, -0.2) is 10.3 Å². The summed E-state index contributed by atoms with van der Waals surface area (Å²) in [5.74, 6) is -1.67. The highest BCUT2D eigenvalue weighted by atomic mass is 16.5. The highest BCUT2D eigenvalue weighted by molar-refractivity contribution is 6.47. The molecular weight excluding hydrogens is 343 g/mol. The Kier molecular flexibility index (Phi) is 5.25. The number of carbonyl (C=O) groups excluding carboxylic acids is 1. The molecule has 0 unspecified atom stereocenters. The molecule has 1 aromatic carbocycles. The van der Waals surface area contributed by atoms with Crippen molar-refractivity contribution >= 4 is 24.8 Å². The first-order valence-corrected chi connectivity index (χ1v) is 8.03. The second kappa shape index (κ2) is 7.60. The van der Waals surface area contributed by atoms with E-state index in [-0.39, 0.29) is 30.1 Å². The average molecular weight is 362 g/mol. The van der Waals surface area contributed by atoms with Crippen molar-refractivity contribution in [2.45, 2.75) is 18.8 Å². The minimum atomic E-state index is -1.35. The molecule has 7 N–H and O–H groups in total. The highest BCUT2D eigenvalue weighted by Crippen LogP contribution is 2.30. The number of nitrogens with two attached hydrogens (primary N) is 1. The van der Waals surface area contributed by atoms with Gasteiger partial charge in [0.05, 0.1) is 24.5 Å². The van der Waals surface area contributed by atoms with Crippen LogP contribution >= 0.6 is 0 Å². The summed E-state index contributed by atoms with van der Waals surface area (Å²) in [6, 6.07) is 4.69. The van der Waals surface area contributed by atoms with Crippen molar-refractivity contribution in [3.8, 4) is 5.75 Å². The lowest BCUT2D eigenvalue weighted by atomic mass is 9.72. The monoisotopic (exact) mass is 362 g/mol. The number of nitrogens with one attached hydrogen (secondary N) is 3. The predicted molar refractivity (Wildman–Crippen MR) is 91.7 cm³/mol. The third-order valence-electron chi connectivity index (χ3n) is 3.95. The lowest BCUT2D eigenvalue weighted by molar-refractivity contribution is -0.120. The molecule has 0 aliphatic carbocycles. The van der Waals surface area contributed by atoms with Crippen LogP contribution < -0.4 is 26.7 Å². The molecule has 0 spiro atoms. The van der Waals surface area contributed by atoms with Crippen LogP contribution in [0.2, 0.25) is 0 Å². The fourth-order valence-electron chi connectivity index (χ4n) is 2.77. The Bertz CT molecular complexity index is 745. The molecule has 1 aromatic rings. The number of benzene rings is 1. The van der Waals surface area contributed by atoms with Crippen molar-refractivity contribution in [2.75, 3.05) is 13.1 Å². The minimum Gasteiger partial charge on any atom is -0.534 e. The second-order valence-electron chi connectivity index (χ2n) is 5.87. The Labute approximate surface area is 149 Å². The van der Waals surface area contributed by atoms with E-state index >= 15 is 0 Å². The summed E-state index contributed by atoms with van der Waals surface area (Å²) < 4.78 is 5.34. The number of carbonyl (C=O) groups is 2. The van der Waals surface area contributed by atoms with Crippen molar-refractivity contribution in [3.63, 3.8) is 0 Å². The van der Waals surface area contributed by atoms with Crippen LogP contribution in [0, 0.1) is 0 Å². The highest BCUT2D eigenvalue weighted by Gasteiger charge is 2.37. The normalized spacial score (nSPS) is 18.9. The fourth-order valence-corrected chi connectivity index (χ4v) is 2.77. The van der Waals surface area contributed by atoms with Crippen LogP contribution in [0.4, 0.5) is 0 Å². The summed E-state index contributed by atoms with van der Waals surface area (Å²) in [7, 11) is -1.35. The Balaban J connectivity index is 1.60. The van der Waals surface area contributed by atoms with E-state index in [9.17, 15) is 19.7 Å². The number of nitrogens with zero attached hydrogens (tertiary/aromatic N) is 2. The molecule has 0 fully saturated rings. The van der Waals surface area contributed by atoms with Crippen molar-refractivity contribution in [3.05, 3.63) is 29.3 Å². The lowest BCUT2D eigenvalue weighted by Gasteiger charge is -2.28. The molecule has 0 saturated carbocycles. The SMILES string of the molecule is NCCN1NN=C(CC(=O)N[C@H]2Cc3cccc(C(=O)O)c3OB2O)N1. The van der Waals surface area contributed by atoms with Gasteiger partial charge in [-0.1, -0.05) is 12.1 Å². The average Bonchev–Trinajstić information content (AvgIpc) is 3.02. The maximum atomic E-state index is 12.2. The van der Waals surface area contributed by atoms with E-state index in [4.69, 9.17) is 10.4 Å². The summed E-state index contributed by atoms with van der Waals surface area (Å²) in [5.41, 5.74) is 11.6. The smallest absolute Gasteiger partial charge is 0.534 e. The molecule has 0 bridgehead atoms. The van der Waals surface area contributed by atoms with Gasteiger partial charge in [-0.05, 0) is 18.1 Å². The van der Waals surface area contributed by atoms with Gasteiger partial charge in [-0.2, -0.15) is 0 Å². The van der Waals surface area contributed by atoms with E-state index in [1.54, 1.807) is 17.3 Å². The quantitative estimate of drug-likeness (QED) is 0.309. The molecule has 0 radical (unpaired) electrons. The van der Waals surface area contributed by atoms with Crippen LogP contribution in [0.3, 0.4) is 0 Å². The van der Waals surface area contributed by atoms with E-state index in [2.05, 4.69) is 21.4 Å². The summed E-state index contributed by atoms with van der Waals surface area (Å²) in [6.45, 7) is 0.921. The zero-order valence-corrected chi connectivity index (χ0v) is 13.8. The van der Waals surface area contributed by atoms with E-state index in [1.807, 2.05) is 0 Å². The van der Waals surface area contributed by atoms with E-state index in [0.717, 1.165) is 0 Å². The maximum Gasteiger partial charge on any atom is 0.547 e. The number of rotatable bonds is 6. The van der Waals surface area contributed by atoms with Crippen LogP contribution in [-0.2, 0) is 11.2 Å². The number of amidine groups is 1. The fraction of sp³-hybridized carbons (Fsp3) is 0.357. The zero-order chi connectivity index (χ0) is 18.7. The number of hydrogen-bond acceptors (Lipinski definition) is 9. The molecule has 2 aliphatic rings. The van der Waals surface area contributed by atoms with Gasteiger partial charge in [0.1, 0.15) is 11.6 Å². The van der Waals surface area contributed by atoms with Gasteiger partial charge in [0.25, 0.3) is 0 Å². The summed E-state index contributed by atoms with van der Waals surface area (Å²) >= 11 is 0. The molecule has 11 nitrogen and oxygen atoms in total. The number of hydrogen-bond donors (Lipinski definition) is 6. The number of amides is 1. The first-order chi connectivity index (χ1) is 12.5. The molecule has 2 heterocycles. The topological polar surface area (TPSA) is 162 Å². The number of hydrazine groups is 2. The number of aromatic carboxylic acids is 1. The van der Waals surface area contributed by atoms with E-state index in [1.165, 1.54) is 6.07 Å². The Hall–Kier alpha value is -2.83. The molecule has 12 heteroatoms. The number of carboxylic acids is 1. The molecule has 2 aliphatic heterocycles. The molecule has 26 heavy (non-hydrogen) atoms. The van der Waals surface area contributed by atoms with Crippen LogP contribution in [0.1, 0.15) is 22.3 Å². The Morgan fingerprint density at radius 3 is 3.04 bits per heavy atom. The van der Waals surface area contributed by atoms with Crippen LogP contribution in [0.25, 0.3) is 0 Å². The largest absolute Gasteiger partial charge is 0.547 e. The van der Waals surface area contributed by atoms with Gasteiger partial charge in [0.2, 0.25) is 5.91 Å². The summed E-state index contributed by atoms with van der Waals surface area (Å²) in [6.07, 6.45) is 0.222. The van der Waals surface area contributed by atoms with E-state index in [0.29, 0.717) is 24.5 Å². The Morgan fingerprint density at radius 2 is 2.31 bits per heavy atom. The van der Waals surface area contributed by atoms with Gasteiger partial charge >= 0.3 is 13.1 Å². The van der Waals surface area contributed by atoms with Gasteiger partial charge < -0.3 is 25.8 Å². The van der Waals surface area contributed by atoms with Gasteiger partial charge in [0.15, 0.2) is 0 Å². The van der Waals surface area contributed by atoms with Gasteiger partial charge in [0, 0.05) is 6.54 Å². The van der Waals surface area contributed by atoms with Crippen molar-refractivity contribution in [1.29, 1.82) is 0 Å². The van der Waals surface area contributed by atoms with Crippen LogP contribution in [0.5, 0.6) is 5.75 Å². The summed E-state index contributed by atoms with van der Waals surface area (Å²) in [5, 5.41) is 27.5. The standard InChI is InChI=1S/C14H19BN6O5/c16-4-5-21-19-11(18-20-21)7-12(22)17-10-6-8-2-1-3-9(14(23)24)13(8)26-15(10)25/h1-3,10,20,25H,4-7,16H2,(H,17,22)(H,18,19)(H,23,24)/t10-/m0/s1. The molecule has 138 valence electrons. The molecule has 3 rings (SSSR count). The number of para-hydroxylation sites is 1. The van der Waals surface area contributed by atoms with E-state index < -0.39 is 19.0 Å². The third-order valence-corrected chi connectivity index (χ3v) is 3.95.